The lowest BCUT2D eigenvalue weighted by atomic mass is 10.1. The number of aryl methyl sites for hydroxylation is 1. The molecule has 2 aromatic rings. The van der Waals surface area contributed by atoms with E-state index in [2.05, 4.69) is 5.10 Å². The van der Waals surface area contributed by atoms with E-state index in [0.717, 1.165) is 5.56 Å². The fourth-order valence-corrected chi connectivity index (χ4v) is 1.75. The van der Waals surface area contributed by atoms with Crippen LogP contribution >= 0.6 is 0 Å². The van der Waals surface area contributed by atoms with Crippen LogP contribution in [-0.2, 0) is 22.5 Å². The summed E-state index contributed by atoms with van der Waals surface area (Å²) >= 11 is 0. The molecule has 1 aromatic heterocycles. The first-order chi connectivity index (χ1) is 9.24. The number of esters is 1. The number of hydrogen-bond donors (Lipinski definition) is 1. The maximum Gasteiger partial charge on any atom is 0.306 e. The van der Waals surface area contributed by atoms with Crippen LogP contribution in [-0.4, -0.2) is 22.4 Å². The Hall–Kier alpha value is -2.30. The van der Waals surface area contributed by atoms with Gasteiger partial charge in [-0.15, -0.1) is 0 Å². The van der Waals surface area contributed by atoms with E-state index in [9.17, 15) is 4.79 Å². The molecule has 2 rings (SSSR count). The Kier molecular flexibility index (Phi) is 4.55. The number of benzene rings is 1. The zero-order chi connectivity index (χ0) is 13.5. The molecule has 0 spiro atoms. The fraction of sp³-hybridized carbons (Fsp3) is 0.286. The summed E-state index contributed by atoms with van der Waals surface area (Å²) in [4.78, 5) is 11.5. The van der Waals surface area contributed by atoms with Gasteiger partial charge in [0.25, 0.3) is 0 Å². The van der Waals surface area contributed by atoms with Crippen molar-refractivity contribution >= 4 is 11.7 Å². The van der Waals surface area contributed by atoms with Crippen molar-refractivity contribution in [1.29, 1.82) is 0 Å². The predicted molar refractivity (Wildman–Crippen MR) is 72.4 cm³/mol. The maximum absolute atomic E-state index is 11.5. The highest BCUT2D eigenvalue weighted by Crippen LogP contribution is 2.09. The van der Waals surface area contributed by atoms with Crippen LogP contribution < -0.4 is 5.73 Å². The van der Waals surface area contributed by atoms with Gasteiger partial charge in [-0.05, 0) is 30.2 Å². The summed E-state index contributed by atoms with van der Waals surface area (Å²) in [5.74, 6) is -0.199. The highest BCUT2D eigenvalue weighted by Gasteiger charge is 2.04. The van der Waals surface area contributed by atoms with Gasteiger partial charge >= 0.3 is 5.97 Å². The molecule has 0 amide bonds. The van der Waals surface area contributed by atoms with Crippen LogP contribution in [0.1, 0.15) is 12.0 Å². The lowest BCUT2D eigenvalue weighted by molar-refractivity contribution is -0.143. The molecular weight excluding hydrogens is 242 g/mol. The van der Waals surface area contributed by atoms with Crippen molar-refractivity contribution in [2.45, 2.75) is 19.4 Å². The minimum absolute atomic E-state index is 0.199. The molecule has 0 atom stereocenters. The van der Waals surface area contributed by atoms with Crippen molar-refractivity contribution < 1.29 is 9.53 Å². The molecule has 0 saturated carbocycles. The van der Waals surface area contributed by atoms with Crippen molar-refractivity contribution in [1.82, 2.24) is 9.78 Å². The van der Waals surface area contributed by atoms with Crippen molar-refractivity contribution in [2.24, 2.45) is 0 Å². The average molecular weight is 259 g/mol. The van der Waals surface area contributed by atoms with Crippen LogP contribution in [0.3, 0.4) is 0 Å². The molecule has 0 aliphatic heterocycles. The molecule has 19 heavy (non-hydrogen) atoms. The number of nitrogen functional groups attached to an aromatic ring is 1. The van der Waals surface area contributed by atoms with E-state index in [-0.39, 0.29) is 5.97 Å². The minimum Gasteiger partial charge on any atom is -0.464 e. The zero-order valence-electron chi connectivity index (χ0n) is 10.7. The molecule has 0 radical (unpaired) electrons. The number of ether oxygens (including phenoxy) is 1. The van der Waals surface area contributed by atoms with Crippen LogP contribution in [0.15, 0.2) is 42.7 Å². The van der Waals surface area contributed by atoms with Crippen LogP contribution in [0.25, 0.3) is 0 Å². The van der Waals surface area contributed by atoms with E-state index in [1.54, 1.807) is 10.9 Å². The third kappa shape index (κ3) is 4.46. The second-order valence-corrected chi connectivity index (χ2v) is 4.23. The number of aromatic nitrogens is 2. The Labute approximate surface area is 112 Å². The molecule has 0 bridgehead atoms. The molecule has 0 fully saturated rings. The summed E-state index contributed by atoms with van der Waals surface area (Å²) in [5.41, 5.74) is 7.43. The molecule has 1 heterocycles. The van der Waals surface area contributed by atoms with Gasteiger partial charge in [-0.25, -0.2) is 0 Å². The molecule has 2 N–H and O–H groups in total. The third-order valence-corrected chi connectivity index (χ3v) is 2.71. The van der Waals surface area contributed by atoms with Gasteiger partial charge in [0.1, 0.15) is 6.61 Å². The molecule has 5 heteroatoms. The summed E-state index contributed by atoms with van der Waals surface area (Å²) in [6, 6.07) is 9.37. The summed E-state index contributed by atoms with van der Waals surface area (Å²) in [6.45, 7) is 0.925. The Morgan fingerprint density at radius 3 is 3.00 bits per heavy atom. The fourth-order valence-electron chi connectivity index (χ4n) is 1.75. The SMILES string of the molecule is Nc1cccc(CCC(=O)OCCn2cccn2)c1. The first-order valence-corrected chi connectivity index (χ1v) is 6.21. The lowest BCUT2D eigenvalue weighted by Crippen LogP contribution is -2.12. The summed E-state index contributed by atoms with van der Waals surface area (Å²) < 4.78 is 6.86. The third-order valence-electron chi connectivity index (χ3n) is 2.71. The van der Waals surface area contributed by atoms with Crippen molar-refractivity contribution in [3.63, 3.8) is 0 Å². The van der Waals surface area contributed by atoms with E-state index in [4.69, 9.17) is 10.5 Å². The topological polar surface area (TPSA) is 70.1 Å². The normalized spacial score (nSPS) is 10.3. The number of anilines is 1. The number of nitrogens with two attached hydrogens (primary N) is 1. The molecule has 0 unspecified atom stereocenters. The molecule has 0 aliphatic rings. The minimum atomic E-state index is -0.199. The second-order valence-electron chi connectivity index (χ2n) is 4.23. The standard InChI is InChI=1S/C14H17N3O2/c15-13-4-1-3-12(11-13)5-6-14(18)19-10-9-17-8-2-7-16-17/h1-4,7-8,11H,5-6,9-10,15H2. The van der Waals surface area contributed by atoms with Gasteiger partial charge < -0.3 is 10.5 Å². The highest BCUT2D eigenvalue weighted by molar-refractivity contribution is 5.69. The molecule has 100 valence electrons. The zero-order valence-corrected chi connectivity index (χ0v) is 10.7. The largest absolute Gasteiger partial charge is 0.464 e. The van der Waals surface area contributed by atoms with Gasteiger partial charge in [-0.1, -0.05) is 12.1 Å². The van der Waals surface area contributed by atoms with Crippen LogP contribution in [0.4, 0.5) is 5.69 Å². The van der Waals surface area contributed by atoms with Crippen molar-refractivity contribution in [3.05, 3.63) is 48.3 Å². The number of hydrogen-bond acceptors (Lipinski definition) is 4. The predicted octanol–water partition coefficient (Wildman–Crippen LogP) is 1.64. The molecule has 1 aromatic carbocycles. The van der Waals surface area contributed by atoms with Crippen LogP contribution in [0.2, 0.25) is 0 Å². The van der Waals surface area contributed by atoms with Gasteiger partial charge in [-0.3, -0.25) is 9.48 Å². The number of rotatable bonds is 6. The summed E-state index contributed by atoms with van der Waals surface area (Å²) in [7, 11) is 0. The van der Waals surface area contributed by atoms with Gasteiger partial charge in [0.2, 0.25) is 0 Å². The Morgan fingerprint density at radius 2 is 2.26 bits per heavy atom. The number of carbonyl (C=O) groups excluding carboxylic acids is 1. The van der Waals surface area contributed by atoms with Gasteiger partial charge in [0.15, 0.2) is 0 Å². The molecular formula is C14H17N3O2. The highest BCUT2D eigenvalue weighted by atomic mass is 16.5. The van der Waals surface area contributed by atoms with E-state index in [1.165, 1.54) is 0 Å². The Morgan fingerprint density at radius 1 is 1.37 bits per heavy atom. The monoisotopic (exact) mass is 259 g/mol. The molecule has 0 saturated heterocycles. The maximum atomic E-state index is 11.5. The Balaban J connectivity index is 1.67. The second kappa shape index (κ2) is 6.58. The van der Waals surface area contributed by atoms with Crippen molar-refractivity contribution in [3.8, 4) is 0 Å². The van der Waals surface area contributed by atoms with Gasteiger partial charge in [-0.2, -0.15) is 5.10 Å². The summed E-state index contributed by atoms with van der Waals surface area (Å²) in [6.07, 6.45) is 4.54. The van der Waals surface area contributed by atoms with Crippen molar-refractivity contribution in [2.75, 3.05) is 12.3 Å². The number of carbonyl (C=O) groups is 1. The Bertz CT molecular complexity index is 523. The quantitative estimate of drug-likeness (QED) is 0.632. The van der Waals surface area contributed by atoms with Gasteiger partial charge in [0.05, 0.1) is 6.54 Å². The van der Waals surface area contributed by atoms with E-state index in [1.807, 2.05) is 36.5 Å². The smallest absolute Gasteiger partial charge is 0.306 e. The molecule has 5 nitrogen and oxygen atoms in total. The van der Waals surface area contributed by atoms with Crippen LogP contribution in [0, 0.1) is 0 Å². The summed E-state index contributed by atoms with van der Waals surface area (Å²) in [5, 5.41) is 4.03. The van der Waals surface area contributed by atoms with Gasteiger partial charge in [0, 0.05) is 24.5 Å². The molecule has 0 aliphatic carbocycles. The van der Waals surface area contributed by atoms with E-state index < -0.39 is 0 Å². The number of nitrogens with zero attached hydrogens (tertiary/aromatic N) is 2. The van der Waals surface area contributed by atoms with E-state index >= 15 is 0 Å². The van der Waals surface area contributed by atoms with Crippen LogP contribution in [0.5, 0.6) is 0 Å². The lowest BCUT2D eigenvalue weighted by Gasteiger charge is -2.05. The first kappa shape index (κ1) is 13.1. The first-order valence-electron chi connectivity index (χ1n) is 6.21. The van der Waals surface area contributed by atoms with E-state index in [0.29, 0.717) is 31.7 Å². The average Bonchev–Trinajstić information content (AvgIpc) is 2.90.